The van der Waals surface area contributed by atoms with Crippen molar-refractivity contribution < 1.29 is 32.6 Å². The van der Waals surface area contributed by atoms with Crippen molar-refractivity contribution in [2.24, 2.45) is 0 Å². The zero-order valence-electron chi connectivity index (χ0n) is 18.3. The summed E-state index contributed by atoms with van der Waals surface area (Å²) in [4.78, 5) is 33.2. The molecule has 2 N–H and O–H groups in total. The monoisotopic (exact) mass is 473 g/mol. The van der Waals surface area contributed by atoms with E-state index >= 15 is 0 Å². The van der Waals surface area contributed by atoms with Gasteiger partial charge >= 0.3 is 0 Å². The van der Waals surface area contributed by atoms with Crippen molar-refractivity contribution in [2.75, 3.05) is 32.8 Å². The summed E-state index contributed by atoms with van der Waals surface area (Å²) in [7, 11) is 2.39. The van der Waals surface area contributed by atoms with Crippen LogP contribution in [-0.4, -0.2) is 65.9 Å². The molecular weight excluding hydrogens is 452 g/mol. The quantitative estimate of drug-likeness (QED) is 0.500. The summed E-state index contributed by atoms with van der Waals surface area (Å²) in [5, 5.41) is 5.85. The summed E-state index contributed by atoms with van der Waals surface area (Å²) in [5.74, 6) is -4.06. The summed E-state index contributed by atoms with van der Waals surface area (Å²) in [6, 6.07) is 1.92. The van der Waals surface area contributed by atoms with Crippen molar-refractivity contribution in [3.05, 3.63) is 54.4 Å². The Morgan fingerprint density at radius 3 is 2.53 bits per heavy atom. The number of fused-ring (bicyclic) bond motifs is 1. The molecule has 3 heterocycles. The first-order valence-electron chi connectivity index (χ1n) is 10.1. The number of halogens is 2. The number of nitrogens with one attached hydrogen (secondary N) is 2. The van der Waals surface area contributed by atoms with Gasteiger partial charge in [-0.25, -0.2) is 18.7 Å². The SMILES string of the molecule is C=CC(=O)NC1COCC1Nc1ncc2c(ccn2C(=O)c2c(F)c(OC)cc(OC)c2F)n1. The standard InChI is InChI=1S/C22H21F2N5O5/c1-4-17(30)26-12-9-34-10-13(12)28-22-25-8-14-11(27-22)5-6-29(14)21(31)18-19(23)15(32-2)7-16(33-3)20(18)24/h4-8,12-13H,1,9-10H2,2-3H3,(H,26,30)(H,25,27,28). The Kier molecular flexibility index (Phi) is 6.41. The van der Waals surface area contributed by atoms with Crippen LogP contribution in [0.2, 0.25) is 0 Å². The number of nitrogens with zero attached hydrogens (tertiary/aromatic N) is 3. The van der Waals surface area contributed by atoms with Gasteiger partial charge in [0.15, 0.2) is 23.1 Å². The summed E-state index contributed by atoms with van der Waals surface area (Å²) < 4.78 is 45.8. The average molecular weight is 473 g/mol. The number of aromatic nitrogens is 3. The molecule has 0 spiro atoms. The lowest BCUT2D eigenvalue weighted by Gasteiger charge is -2.19. The molecule has 1 aliphatic rings. The first-order valence-corrected chi connectivity index (χ1v) is 10.1. The van der Waals surface area contributed by atoms with Gasteiger partial charge in [0.2, 0.25) is 11.9 Å². The molecule has 0 radical (unpaired) electrons. The third-order valence-electron chi connectivity index (χ3n) is 5.35. The largest absolute Gasteiger partial charge is 0.494 e. The molecule has 0 saturated carbocycles. The molecule has 1 aromatic carbocycles. The van der Waals surface area contributed by atoms with Crippen LogP contribution in [0.25, 0.3) is 11.0 Å². The Balaban J connectivity index is 1.63. The molecule has 1 aliphatic heterocycles. The van der Waals surface area contributed by atoms with E-state index in [0.29, 0.717) is 18.7 Å². The van der Waals surface area contributed by atoms with Crippen molar-refractivity contribution in [3.8, 4) is 11.5 Å². The molecule has 1 fully saturated rings. The van der Waals surface area contributed by atoms with Crippen molar-refractivity contribution in [1.29, 1.82) is 0 Å². The first-order chi connectivity index (χ1) is 16.4. The Hall–Kier alpha value is -4.06. The Labute approximate surface area is 192 Å². The van der Waals surface area contributed by atoms with E-state index < -0.39 is 23.1 Å². The van der Waals surface area contributed by atoms with E-state index in [2.05, 4.69) is 27.2 Å². The number of rotatable bonds is 7. The highest BCUT2D eigenvalue weighted by atomic mass is 19.1. The maximum atomic E-state index is 14.8. The van der Waals surface area contributed by atoms with E-state index in [1.165, 1.54) is 38.8 Å². The zero-order valence-corrected chi connectivity index (χ0v) is 18.3. The minimum atomic E-state index is -1.15. The van der Waals surface area contributed by atoms with Gasteiger partial charge in [-0.15, -0.1) is 0 Å². The minimum Gasteiger partial charge on any atom is -0.494 e. The van der Waals surface area contributed by atoms with Crippen LogP contribution in [0.1, 0.15) is 10.4 Å². The number of carbonyl (C=O) groups excluding carboxylic acids is 2. The van der Waals surface area contributed by atoms with Crippen LogP contribution in [-0.2, 0) is 9.53 Å². The predicted molar refractivity (Wildman–Crippen MR) is 117 cm³/mol. The van der Waals surface area contributed by atoms with Crippen LogP contribution in [0.3, 0.4) is 0 Å². The number of benzene rings is 1. The van der Waals surface area contributed by atoms with Gasteiger partial charge in [0.25, 0.3) is 5.91 Å². The highest BCUT2D eigenvalue weighted by Crippen LogP contribution is 2.32. The lowest BCUT2D eigenvalue weighted by molar-refractivity contribution is -0.117. The van der Waals surface area contributed by atoms with E-state index in [-0.39, 0.29) is 41.0 Å². The molecule has 3 aromatic rings. The van der Waals surface area contributed by atoms with E-state index in [9.17, 15) is 18.4 Å². The van der Waals surface area contributed by atoms with Gasteiger partial charge in [0.05, 0.1) is 56.7 Å². The summed E-state index contributed by atoms with van der Waals surface area (Å²) in [6.45, 7) is 4.06. The Morgan fingerprint density at radius 2 is 1.88 bits per heavy atom. The van der Waals surface area contributed by atoms with Crippen LogP contribution >= 0.6 is 0 Å². The fourth-order valence-electron chi connectivity index (χ4n) is 3.61. The lowest BCUT2D eigenvalue weighted by atomic mass is 10.1. The van der Waals surface area contributed by atoms with E-state index in [4.69, 9.17) is 14.2 Å². The zero-order chi connectivity index (χ0) is 24.4. The summed E-state index contributed by atoms with van der Waals surface area (Å²) >= 11 is 0. The van der Waals surface area contributed by atoms with Crippen LogP contribution in [0.4, 0.5) is 14.7 Å². The average Bonchev–Trinajstić information content (AvgIpc) is 3.45. The maximum absolute atomic E-state index is 14.8. The first kappa shape index (κ1) is 23.1. The van der Waals surface area contributed by atoms with Gasteiger partial charge in [-0.2, -0.15) is 0 Å². The molecule has 1 saturated heterocycles. The molecule has 2 atom stereocenters. The van der Waals surface area contributed by atoms with Gasteiger partial charge in [-0.05, 0) is 12.1 Å². The van der Waals surface area contributed by atoms with Crippen molar-refractivity contribution in [3.63, 3.8) is 0 Å². The Morgan fingerprint density at radius 1 is 1.21 bits per heavy atom. The number of ether oxygens (including phenoxy) is 3. The molecule has 2 unspecified atom stereocenters. The van der Waals surface area contributed by atoms with E-state index in [1.807, 2.05) is 0 Å². The molecular formula is C22H21F2N5O5. The van der Waals surface area contributed by atoms with Gasteiger partial charge in [-0.1, -0.05) is 6.58 Å². The number of amides is 1. The maximum Gasteiger partial charge on any atom is 0.268 e. The molecule has 0 aliphatic carbocycles. The van der Waals surface area contributed by atoms with Crippen LogP contribution < -0.4 is 20.1 Å². The minimum absolute atomic E-state index is 0.228. The predicted octanol–water partition coefficient (Wildman–Crippen LogP) is 1.90. The second-order valence-electron chi connectivity index (χ2n) is 7.35. The highest BCUT2D eigenvalue weighted by Gasteiger charge is 2.30. The third kappa shape index (κ3) is 4.15. The van der Waals surface area contributed by atoms with Crippen LogP contribution in [0.5, 0.6) is 11.5 Å². The number of anilines is 1. The number of hydrogen-bond acceptors (Lipinski definition) is 8. The second kappa shape index (κ2) is 9.43. The van der Waals surface area contributed by atoms with Gasteiger partial charge in [0, 0.05) is 12.3 Å². The molecule has 34 heavy (non-hydrogen) atoms. The molecule has 178 valence electrons. The molecule has 10 nitrogen and oxygen atoms in total. The van der Waals surface area contributed by atoms with Gasteiger partial charge in [0.1, 0.15) is 5.56 Å². The fraction of sp³-hybridized carbons (Fsp3) is 0.273. The molecule has 12 heteroatoms. The van der Waals surface area contributed by atoms with Crippen LogP contribution in [0, 0.1) is 11.6 Å². The lowest BCUT2D eigenvalue weighted by Crippen LogP contribution is -2.45. The summed E-state index contributed by atoms with van der Waals surface area (Å²) in [6.07, 6.45) is 3.85. The molecule has 1 amide bonds. The number of carbonyl (C=O) groups is 2. The van der Waals surface area contributed by atoms with E-state index in [1.54, 1.807) is 0 Å². The second-order valence-corrected chi connectivity index (χ2v) is 7.35. The summed E-state index contributed by atoms with van der Waals surface area (Å²) in [5.41, 5.74) is -0.248. The molecule has 2 aromatic heterocycles. The number of hydrogen-bond donors (Lipinski definition) is 2. The third-order valence-corrected chi connectivity index (χ3v) is 5.35. The van der Waals surface area contributed by atoms with Crippen LogP contribution in [0.15, 0.2) is 37.2 Å². The number of methoxy groups -OCH3 is 2. The molecule has 4 rings (SSSR count). The normalized spacial score (nSPS) is 17.4. The molecule has 0 bridgehead atoms. The Bertz CT molecular complexity index is 1250. The van der Waals surface area contributed by atoms with Crippen molar-refractivity contribution >= 4 is 28.8 Å². The van der Waals surface area contributed by atoms with Crippen molar-refractivity contribution in [1.82, 2.24) is 19.9 Å². The highest BCUT2D eigenvalue weighted by molar-refractivity contribution is 6.02. The smallest absolute Gasteiger partial charge is 0.268 e. The van der Waals surface area contributed by atoms with E-state index in [0.717, 1.165) is 10.6 Å². The topological polar surface area (TPSA) is 117 Å². The van der Waals surface area contributed by atoms with Gasteiger partial charge < -0.3 is 24.8 Å². The van der Waals surface area contributed by atoms with Gasteiger partial charge in [-0.3, -0.25) is 14.2 Å². The fourth-order valence-corrected chi connectivity index (χ4v) is 3.61. The van der Waals surface area contributed by atoms with Crippen molar-refractivity contribution in [2.45, 2.75) is 12.1 Å².